The Bertz CT molecular complexity index is 854. The molecule has 0 saturated carbocycles. The van der Waals surface area contributed by atoms with E-state index < -0.39 is 10.0 Å². The quantitative estimate of drug-likeness (QED) is 0.852. The van der Waals surface area contributed by atoms with E-state index in [2.05, 4.69) is 4.98 Å². The SMILES string of the molecule is CC(C)n1cnc(S(=O)(=O)N2CC=C(c3ccc(F)cc3)CC2)c1. The predicted octanol–water partition coefficient (Wildman–Crippen LogP) is 3.08. The van der Waals surface area contributed by atoms with Crippen LogP contribution in [-0.2, 0) is 10.0 Å². The van der Waals surface area contributed by atoms with E-state index in [1.165, 1.54) is 16.4 Å². The summed E-state index contributed by atoms with van der Waals surface area (Å²) in [5.74, 6) is -0.278. The number of sulfonamides is 1. The van der Waals surface area contributed by atoms with Gasteiger partial charge in [0.15, 0.2) is 5.03 Å². The zero-order chi connectivity index (χ0) is 17.3. The van der Waals surface area contributed by atoms with Gasteiger partial charge in [-0.25, -0.2) is 17.8 Å². The van der Waals surface area contributed by atoms with Gasteiger partial charge in [0.05, 0.1) is 6.33 Å². The lowest BCUT2D eigenvalue weighted by Crippen LogP contribution is -2.34. The predicted molar refractivity (Wildman–Crippen MR) is 90.4 cm³/mol. The van der Waals surface area contributed by atoms with Crippen LogP contribution >= 0.6 is 0 Å². The Morgan fingerprint density at radius 2 is 1.92 bits per heavy atom. The average molecular weight is 349 g/mol. The smallest absolute Gasteiger partial charge is 0.262 e. The van der Waals surface area contributed by atoms with Gasteiger partial charge in [-0.05, 0) is 43.5 Å². The summed E-state index contributed by atoms with van der Waals surface area (Å²) in [6.07, 6.45) is 5.59. The summed E-state index contributed by atoms with van der Waals surface area (Å²) in [5, 5.41) is 0.0785. The molecule has 128 valence electrons. The molecular weight excluding hydrogens is 329 g/mol. The molecule has 24 heavy (non-hydrogen) atoms. The normalized spacial score (nSPS) is 16.4. The number of hydrogen-bond acceptors (Lipinski definition) is 3. The molecule has 0 bridgehead atoms. The Kier molecular flexibility index (Phi) is 4.56. The summed E-state index contributed by atoms with van der Waals surface area (Å²) in [6.45, 7) is 4.62. The number of hydrogen-bond donors (Lipinski definition) is 0. The van der Waals surface area contributed by atoms with Crippen LogP contribution in [0.5, 0.6) is 0 Å². The number of nitrogens with zero attached hydrogens (tertiary/aromatic N) is 3. The second-order valence-electron chi connectivity index (χ2n) is 6.10. The summed E-state index contributed by atoms with van der Waals surface area (Å²) in [5.41, 5.74) is 1.96. The zero-order valence-corrected chi connectivity index (χ0v) is 14.5. The van der Waals surface area contributed by atoms with Crippen LogP contribution in [0.15, 0.2) is 47.9 Å². The number of halogens is 1. The zero-order valence-electron chi connectivity index (χ0n) is 13.7. The highest BCUT2D eigenvalue weighted by molar-refractivity contribution is 7.89. The first-order valence-electron chi connectivity index (χ1n) is 7.86. The van der Waals surface area contributed by atoms with Gasteiger partial charge >= 0.3 is 0 Å². The van der Waals surface area contributed by atoms with Crippen molar-refractivity contribution in [1.82, 2.24) is 13.9 Å². The van der Waals surface area contributed by atoms with Gasteiger partial charge < -0.3 is 4.57 Å². The molecule has 0 amide bonds. The monoisotopic (exact) mass is 349 g/mol. The average Bonchev–Trinajstić information content (AvgIpc) is 3.07. The molecule has 7 heteroatoms. The van der Waals surface area contributed by atoms with E-state index in [1.54, 1.807) is 29.2 Å². The van der Waals surface area contributed by atoms with E-state index in [9.17, 15) is 12.8 Å². The molecule has 1 aromatic heterocycles. The van der Waals surface area contributed by atoms with Gasteiger partial charge in [-0.3, -0.25) is 0 Å². The van der Waals surface area contributed by atoms with E-state index in [0.29, 0.717) is 19.5 Å². The van der Waals surface area contributed by atoms with E-state index in [0.717, 1.165) is 11.1 Å². The minimum absolute atomic E-state index is 0.0785. The van der Waals surface area contributed by atoms with E-state index in [1.807, 2.05) is 19.9 Å². The van der Waals surface area contributed by atoms with Gasteiger partial charge in [-0.2, -0.15) is 4.31 Å². The molecule has 0 saturated heterocycles. The van der Waals surface area contributed by atoms with Crippen LogP contribution in [0, 0.1) is 5.82 Å². The summed E-state index contributed by atoms with van der Waals surface area (Å²) in [4.78, 5) is 4.04. The summed E-state index contributed by atoms with van der Waals surface area (Å²) < 4.78 is 41.6. The maximum Gasteiger partial charge on any atom is 0.262 e. The summed E-state index contributed by atoms with van der Waals surface area (Å²) in [6, 6.07) is 6.42. The highest BCUT2D eigenvalue weighted by Gasteiger charge is 2.28. The van der Waals surface area contributed by atoms with Crippen molar-refractivity contribution in [1.29, 1.82) is 0 Å². The molecule has 0 atom stereocenters. The van der Waals surface area contributed by atoms with Crippen molar-refractivity contribution in [3.8, 4) is 0 Å². The Labute approximate surface area is 141 Å². The lowest BCUT2D eigenvalue weighted by atomic mass is 10.0. The lowest BCUT2D eigenvalue weighted by molar-refractivity contribution is 0.439. The third kappa shape index (κ3) is 3.27. The first-order valence-corrected chi connectivity index (χ1v) is 9.30. The van der Waals surface area contributed by atoms with Crippen molar-refractivity contribution < 1.29 is 12.8 Å². The van der Waals surface area contributed by atoms with Crippen LogP contribution in [-0.4, -0.2) is 35.4 Å². The molecular formula is C17H20FN3O2S. The van der Waals surface area contributed by atoms with Crippen LogP contribution in [0.25, 0.3) is 5.57 Å². The van der Waals surface area contributed by atoms with Crippen LogP contribution in [0.4, 0.5) is 4.39 Å². The van der Waals surface area contributed by atoms with Crippen molar-refractivity contribution in [2.75, 3.05) is 13.1 Å². The van der Waals surface area contributed by atoms with Crippen LogP contribution < -0.4 is 0 Å². The van der Waals surface area contributed by atoms with Crippen LogP contribution in [0.3, 0.4) is 0 Å². The number of rotatable bonds is 4. The lowest BCUT2D eigenvalue weighted by Gasteiger charge is -2.25. The highest BCUT2D eigenvalue weighted by Crippen LogP contribution is 2.26. The van der Waals surface area contributed by atoms with Gasteiger partial charge in [0, 0.05) is 25.3 Å². The molecule has 5 nitrogen and oxygen atoms in total. The molecule has 0 spiro atoms. The number of imidazole rings is 1. The van der Waals surface area contributed by atoms with E-state index in [-0.39, 0.29) is 16.9 Å². The molecule has 1 aliphatic rings. The maximum atomic E-state index is 13.0. The van der Waals surface area contributed by atoms with Crippen molar-refractivity contribution >= 4 is 15.6 Å². The van der Waals surface area contributed by atoms with Crippen LogP contribution in [0.2, 0.25) is 0 Å². The van der Waals surface area contributed by atoms with E-state index in [4.69, 9.17) is 0 Å². The molecule has 1 aliphatic heterocycles. The Balaban J connectivity index is 1.78. The molecule has 2 aromatic rings. The third-order valence-corrected chi connectivity index (χ3v) is 5.92. The Hall–Kier alpha value is -1.99. The fraction of sp³-hybridized carbons (Fsp3) is 0.353. The second-order valence-corrected chi connectivity index (χ2v) is 7.99. The molecule has 0 unspecified atom stereocenters. The molecule has 0 N–H and O–H groups in total. The molecule has 0 radical (unpaired) electrons. The molecule has 0 aliphatic carbocycles. The fourth-order valence-electron chi connectivity index (χ4n) is 2.66. The Morgan fingerprint density at radius 1 is 1.21 bits per heavy atom. The van der Waals surface area contributed by atoms with Gasteiger partial charge in [0.2, 0.25) is 0 Å². The van der Waals surface area contributed by atoms with Gasteiger partial charge in [0.1, 0.15) is 5.82 Å². The molecule has 3 rings (SSSR count). The maximum absolute atomic E-state index is 13.0. The highest BCUT2D eigenvalue weighted by atomic mass is 32.2. The second kappa shape index (κ2) is 6.49. The van der Waals surface area contributed by atoms with Gasteiger partial charge in [-0.1, -0.05) is 18.2 Å². The van der Waals surface area contributed by atoms with Gasteiger partial charge in [-0.15, -0.1) is 0 Å². The minimum Gasteiger partial charge on any atom is -0.334 e. The largest absolute Gasteiger partial charge is 0.334 e. The molecule has 0 fully saturated rings. The first-order chi connectivity index (χ1) is 11.4. The topological polar surface area (TPSA) is 55.2 Å². The summed E-state index contributed by atoms with van der Waals surface area (Å²) in [7, 11) is -3.59. The van der Waals surface area contributed by atoms with E-state index >= 15 is 0 Å². The summed E-state index contributed by atoms with van der Waals surface area (Å²) >= 11 is 0. The Morgan fingerprint density at radius 3 is 2.46 bits per heavy atom. The third-order valence-electron chi connectivity index (χ3n) is 4.17. The van der Waals surface area contributed by atoms with Crippen molar-refractivity contribution in [3.63, 3.8) is 0 Å². The van der Waals surface area contributed by atoms with Gasteiger partial charge in [0.25, 0.3) is 10.0 Å². The molecule has 1 aromatic carbocycles. The van der Waals surface area contributed by atoms with Crippen molar-refractivity contribution in [3.05, 3.63) is 54.2 Å². The fourth-order valence-corrected chi connectivity index (χ4v) is 3.96. The van der Waals surface area contributed by atoms with Crippen molar-refractivity contribution in [2.45, 2.75) is 31.3 Å². The standard InChI is InChI=1S/C17H20FN3O2S/c1-13(2)20-11-17(19-12-20)24(22,23)21-9-7-15(8-10-21)14-3-5-16(18)6-4-14/h3-7,11-13H,8-10H2,1-2H3. The number of benzene rings is 1. The van der Waals surface area contributed by atoms with Crippen molar-refractivity contribution in [2.24, 2.45) is 0 Å². The molecule has 2 heterocycles. The minimum atomic E-state index is -3.59. The first kappa shape index (κ1) is 16.9. The number of aromatic nitrogens is 2. The van der Waals surface area contributed by atoms with Crippen LogP contribution in [0.1, 0.15) is 31.9 Å².